The highest BCUT2D eigenvalue weighted by molar-refractivity contribution is 9.10. The molecule has 0 fully saturated rings. The lowest BCUT2D eigenvalue weighted by molar-refractivity contribution is -0.137. The molecule has 0 bridgehead atoms. The van der Waals surface area contributed by atoms with Crippen LogP contribution < -0.4 is 5.73 Å². The van der Waals surface area contributed by atoms with Gasteiger partial charge in [0.25, 0.3) is 0 Å². The van der Waals surface area contributed by atoms with Gasteiger partial charge in [0.1, 0.15) is 4.60 Å². The zero-order valence-corrected chi connectivity index (χ0v) is 8.36. The van der Waals surface area contributed by atoms with Crippen LogP contribution in [0.3, 0.4) is 0 Å². The Morgan fingerprint density at radius 3 is 2.92 bits per heavy atom. The molecule has 0 aromatic carbocycles. The number of carbonyl (C=O) groups is 1. The number of nitrogens with two attached hydrogens (primary N) is 1. The van der Waals surface area contributed by atoms with Gasteiger partial charge in [-0.25, -0.2) is 4.98 Å². The van der Waals surface area contributed by atoms with Gasteiger partial charge in [0, 0.05) is 0 Å². The molecule has 1 aromatic heterocycles. The van der Waals surface area contributed by atoms with E-state index in [-0.39, 0.29) is 6.42 Å². The molecule has 3 N–H and O–H groups in total. The van der Waals surface area contributed by atoms with Crippen molar-refractivity contribution in [2.75, 3.05) is 0 Å². The monoisotopic (exact) mass is 244 g/mol. The smallest absolute Gasteiger partial charge is 0.305 e. The number of aliphatic carboxylic acids is 1. The fourth-order valence-electron chi connectivity index (χ4n) is 0.923. The molecule has 1 atom stereocenters. The summed E-state index contributed by atoms with van der Waals surface area (Å²) >= 11 is 3.18. The molecule has 0 saturated carbocycles. The zero-order valence-electron chi connectivity index (χ0n) is 6.77. The average Bonchev–Trinajstić information content (AvgIpc) is 2.03. The van der Waals surface area contributed by atoms with Crippen LogP contribution in [0.5, 0.6) is 0 Å². The largest absolute Gasteiger partial charge is 0.481 e. The Balaban J connectivity index is 2.76. The molecule has 0 radical (unpaired) electrons. The topological polar surface area (TPSA) is 76.2 Å². The lowest BCUT2D eigenvalue weighted by atomic mass is 10.1. The summed E-state index contributed by atoms with van der Waals surface area (Å²) < 4.78 is 0.658. The van der Waals surface area contributed by atoms with Crippen LogP contribution in [0.1, 0.15) is 18.2 Å². The van der Waals surface area contributed by atoms with Crippen molar-refractivity contribution in [3.63, 3.8) is 0 Å². The number of halogens is 1. The molecule has 0 aliphatic carbocycles. The summed E-state index contributed by atoms with van der Waals surface area (Å²) in [6.45, 7) is 0. The van der Waals surface area contributed by atoms with Crippen molar-refractivity contribution in [2.45, 2.75) is 12.5 Å². The minimum absolute atomic E-state index is 0.108. The van der Waals surface area contributed by atoms with E-state index in [0.29, 0.717) is 10.3 Å². The van der Waals surface area contributed by atoms with Crippen molar-refractivity contribution in [2.24, 2.45) is 5.73 Å². The van der Waals surface area contributed by atoms with Gasteiger partial charge in [0.15, 0.2) is 0 Å². The van der Waals surface area contributed by atoms with Crippen LogP contribution in [0.2, 0.25) is 0 Å². The Labute approximate surface area is 83.9 Å². The summed E-state index contributed by atoms with van der Waals surface area (Å²) in [4.78, 5) is 14.4. The normalized spacial score (nSPS) is 12.5. The highest BCUT2D eigenvalue weighted by Crippen LogP contribution is 2.14. The quantitative estimate of drug-likeness (QED) is 0.787. The van der Waals surface area contributed by atoms with E-state index in [0.717, 1.165) is 0 Å². The maximum absolute atomic E-state index is 10.3. The SMILES string of the molecule is NC(CC(=O)O)c1cccc(Br)n1. The van der Waals surface area contributed by atoms with Crippen LogP contribution in [0.15, 0.2) is 22.8 Å². The fourth-order valence-corrected chi connectivity index (χ4v) is 1.28. The van der Waals surface area contributed by atoms with Crippen LogP contribution in [0.4, 0.5) is 0 Å². The average molecular weight is 245 g/mol. The molecule has 13 heavy (non-hydrogen) atoms. The number of pyridine rings is 1. The molecule has 1 heterocycles. The lowest BCUT2D eigenvalue weighted by Crippen LogP contribution is -2.16. The molecule has 70 valence electrons. The first-order valence-corrected chi connectivity index (χ1v) is 4.48. The first-order valence-electron chi connectivity index (χ1n) is 3.69. The highest BCUT2D eigenvalue weighted by Gasteiger charge is 2.11. The Hall–Kier alpha value is -0.940. The third-order valence-electron chi connectivity index (χ3n) is 1.51. The van der Waals surface area contributed by atoms with Crippen molar-refractivity contribution in [3.05, 3.63) is 28.5 Å². The van der Waals surface area contributed by atoms with E-state index >= 15 is 0 Å². The number of rotatable bonds is 3. The molecule has 1 rings (SSSR count). The molecule has 0 spiro atoms. The van der Waals surface area contributed by atoms with E-state index < -0.39 is 12.0 Å². The minimum atomic E-state index is -0.922. The summed E-state index contributed by atoms with van der Waals surface area (Å²) in [5, 5.41) is 8.50. The highest BCUT2D eigenvalue weighted by atomic mass is 79.9. The maximum Gasteiger partial charge on any atom is 0.305 e. The number of nitrogens with zero attached hydrogens (tertiary/aromatic N) is 1. The first kappa shape index (κ1) is 10.1. The Morgan fingerprint density at radius 2 is 2.38 bits per heavy atom. The van der Waals surface area contributed by atoms with Crippen molar-refractivity contribution in [1.82, 2.24) is 4.98 Å². The van der Waals surface area contributed by atoms with Crippen molar-refractivity contribution in [3.8, 4) is 0 Å². The van der Waals surface area contributed by atoms with Gasteiger partial charge < -0.3 is 10.8 Å². The number of hydrogen-bond donors (Lipinski definition) is 2. The van der Waals surface area contributed by atoms with E-state index in [1.807, 2.05) is 0 Å². The van der Waals surface area contributed by atoms with Crippen molar-refractivity contribution < 1.29 is 9.90 Å². The number of carboxylic acid groups (broad SMARTS) is 1. The summed E-state index contributed by atoms with van der Waals surface area (Å²) in [6, 6.07) is 4.69. The Bertz CT molecular complexity index is 317. The molecule has 1 aromatic rings. The molecule has 0 aliphatic heterocycles. The molecule has 5 heteroatoms. The predicted molar refractivity (Wildman–Crippen MR) is 51.1 cm³/mol. The summed E-state index contributed by atoms with van der Waals surface area (Å²) in [7, 11) is 0. The van der Waals surface area contributed by atoms with Gasteiger partial charge in [-0.1, -0.05) is 6.07 Å². The van der Waals surface area contributed by atoms with E-state index in [1.54, 1.807) is 18.2 Å². The van der Waals surface area contributed by atoms with Gasteiger partial charge in [-0.3, -0.25) is 4.79 Å². The molecule has 0 aliphatic rings. The van der Waals surface area contributed by atoms with Gasteiger partial charge in [-0.05, 0) is 28.1 Å². The van der Waals surface area contributed by atoms with Gasteiger partial charge in [-0.15, -0.1) is 0 Å². The molecular weight excluding hydrogens is 236 g/mol. The fraction of sp³-hybridized carbons (Fsp3) is 0.250. The number of hydrogen-bond acceptors (Lipinski definition) is 3. The number of aromatic nitrogens is 1. The van der Waals surface area contributed by atoms with E-state index in [9.17, 15) is 4.79 Å². The second kappa shape index (κ2) is 4.34. The third kappa shape index (κ3) is 3.12. The van der Waals surface area contributed by atoms with Gasteiger partial charge in [-0.2, -0.15) is 0 Å². The Morgan fingerprint density at radius 1 is 1.69 bits per heavy atom. The molecular formula is C8H9BrN2O2. The second-order valence-electron chi connectivity index (χ2n) is 2.59. The molecule has 0 amide bonds. The van der Waals surface area contributed by atoms with Gasteiger partial charge in [0.05, 0.1) is 18.2 Å². The first-order chi connectivity index (χ1) is 6.09. The Kier molecular flexibility index (Phi) is 3.39. The molecule has 1 unspecified atom stereocenters. The van der Waals surface area contributed by atoms with Crippen molar-refractivity contribution >= 4 is 21.9 Å². The summed E-state index contributed by atoms with van der Waals surface area (Å²) in [5.41, 5.74) is 6.18. The zero-order chi connectivity index (χ0) is 9.84. The maximum atomic E-state index is 10.3. The van der Waals surface area contributed by atoms with Gasteiger partial charge >= 0.3 is 5.97 Å². The van der Waals surface area contributed by atoms with E-state index in [1.165, 1.54) is 0 Å². The van der Waals surface area contributed by atoms with Crippen LogP contribution >= 0.6 is 15.9 Å². The molecule has 4 nitrogen and oxygen atoms in total. The molecule has 0 saturated heterocycles. The lowest BCUT2D eigenvalue weighted by Gasteiger charge is -2.07. The predicted octanol–water partition coefficient (Wildman–Crippen LogP) is 1.32. The minimum Gasteiger partial charge on any atom is -0.481 e. The van der Waals surface area contributed by atoms with E-state index in [4.69, 9.17) is 10.8 Å². The summed E-state index contributed by atoms with van der Waals surface area (Å²) in [6.07, 6.45) is -0.108. The standard InChI is InChI=1S/C8H9BrN2O2/c9-7-3-1-2-6(11-7)5(10)4-8(12)13/h1-3,5H,4,10H2,(H,12,13). The van der Waals surface area contributed by atoms with Crippen LogP contribution in [0, 0.1) is 0 Å². The second-order valence-corrected chi connectivity index (χ2v) is 3.40. The summed E-state index contributed by atoms with van der Waals surface area (Å²) in [5.74, 6) is -0.922. The van der Waals surface area contributed by atoms with E-state index in [2.05, 4.69) is 20.9 Å². The van der Waals surface area contributed by atoms with Crippen molar-refractivity contribution in [1.29, 1.82) is 0 Å². The van der Waals surface area contributed by atoms with Crippen LogP contribution in [-0.2, 0) is 4.79 Å². The number of carboxylic acids is 1. The van der Waals surface area contributed by atoms with Gasteiger partial charge in [0.2, 0.25) is 0 Å². The third-order valence-corrected chi connectivity index (χ3v) is 1.95. The van der Waals surface area contributed by atoms with Crippen LogP contribution in [-0.4, -0.2) is 16.1 Å². The van der Waals surface area contributed by atoms with Crippen LogP contribution in [0.25, 0.3) is 0 Å².